The molecule has 0 N–H and O–H groups in total. The molecule has 1 fully saturated rings. The molecule has 2 nitrogen and oxygen atoms in total. The van der Waals surface area contributed by atoms with E-state index in [1.807, 2.05) is 0 Å². The van der Waals surface area contributed by atoms with Gasteiger partial charge in [-0.2, -0.15) is 0 Å². The van der Waals surface area contributed by atoms with Crippen LogP contribution in [0.1, 0.15) is 13.3 Å². The van der Waals surface area contributed by atoms with Crippen LogP contribution in [0, 0.1) is 0 Å². The summed E-state index contributed by atoms with van der Waals surface area (Å²) in [6.45, 7) is 2.59. The normalized spacial score (nSPS) is 39.1. The molecule has 2 heterocycles. The Morgan fingerprint density at radius 1 is 1.60 bits per heavy atom. The van der Waals surface area contributed by atoms with Crippen LogP contribution in [0.3, 0.4) is 0 Å². The zero-order valence-electron chi connectivity index (χ0n) is 5.87. The number of thioether (sulfide) groups is 1. The molecule has 0 bridgehead atoms. The summed E-state index contributed by atoms with van der Waals surface area (Å²) in [5.41, 5.74) is 0.269. The van der Waals surface area contributed by atoms with Gasteiger partial charge in [-0.1, -0.05) is 17.8 Å². The third kappa shape index (κ3) is 1.09. The van der Waals surface area contributed by atoms with Crippen molar-refractivity contribution in [3.05, 3.63) is 11.0 Å². The highest BCUT2D eigenvalue weighted by Crippen LogP contribution is 2.35. The fourth-order valence-electron chi connectivity index (χ4n) is 1.18. The van der Waals surface area contributed by atoms with Crippen molar-refractivity contribution in [2.24, 2.45) is 0 Å². The Labute approximate surface area is 64.6 Å². The summed E-state index contributed by atoms with van der Waals surface area (Å²) in [5.74, 6) is 0. The fraction of sp³-hybridized carbons (Fsp3) is 0.714. The van der Waals surface area contributed by atoms with Crippen LogP contribution in [-0.4, -0.2) is 18.3 Å². The van der Waals surface area contributed by atoms with Gasteiger partial charge in [-0.05, 0) is 18.2 Å². The van der Waals surface area contributed by atoms with E-state index in [1.54, 1.807) is 11.8 Å². The van der Waals surface area contributed by atoms with Crippen molar-refractivity contribution in [2.75, 3.05) is 6.79 Å². The lowest BCUT2D eigenvalue weighted by atomic mass is 10.2. The molecule has 0 saturated carbocycles. The summed E-state index contributed by atoms with van der Waals surface area (Å²) < 4.78 is 10.6. The maximum atomic E-state index is 5.33. The van der Waals surface area contributed by atoms with Crippen LogP contribution in [0.15, 0.2) is 11.0 Å². The zero-order chi connectivity index (χ0) is 6.97. The first-order chi connectivity index (χ1) is 4.86. The van der Waals surface area contributed by atoms with Gasteiger partial charge in [0.25, 0.3) is 0 Å². The lowest BCUT2D eigenvalue weighted by Crippen LogP contribution is -2.20. The van der Waals surface area contributed by atoms with E-state index in [0.717, 1.165) is 6.42 Å². The summed E-state index contributed by atoms with van der Waals surface area (Å²) in [7, 11) is 0. The van der Waals surface area contributed by atoms with E-state index >= 15 is 0 Å². The van der Waals surface area contributed by atoms with Crippen molar-refractivity contribution in [1.82, 2.24) is 0 Å². The van der Waals surface area contributed by atoms with Crippen molar-refractivity contribution >= 4 is 11.8 Å². The first kappa shape index (κ1) is 6.70. The van der Waals surface area contributed by atoms with E-state index in [0.29, 0.717) is 12.9 Å². The molecule has 2 aliphatic heterocycles. The predicted molar refractivity (Wildman–Crippen MR) is 40.6 cm³/mol. The first-order valence-electron chi connectivity index (χ1n) is 3.43. The number of hydrogen-bond donors (Lipinski definition) is 0. The van der Waals surface area contributed by atoms with Crippen LogP contribution >= 0.6 is 11.8 Å². The molecule has 0 aliphatic carbocycles. The van der Waals surface area contributed by atoms with Crippen LogP contribution < -0.4 is 0 Å². The van der Waals surface area contributed by atoms with Crippen LogP contribution in [0.25, 0.3) is 0 Å². The van der Waals surface area contributed by atoms with Crippen molar-refractivity contribution in [3.63, 3.8) is 0 Å². The molecule has 0 aromatic carbocycles. The monoisotopic (exact) mass is 158 g/mol. The van der Waals surface area contributed by atoms with Gasteiger partial charge in [0.2, 0.25) is 0 Å². The van der Waals surface area contributed by atoms with Gasteiger partial charge in [-0.3, -0.25) is 0 Å². The third-order valence-electron chi connectivity index (χ3n) is 1.76. The van der Waals surface area contributed by atoms with Crippen LogP contribution in [0.2, 0.25) is 0 Å². The Kier molecular flexibility index (Phi) is 1.72. The average Bonchev–Trinajstić information content (AvgIpc) is 2.33. The Hall–Kier alpha value is 0.0100. The molecule has 1 saturated heterocycles. The third-order valence-corrected chi connectivity index (χ3v) is 2.97. The minimum atomic E-state index is 0.269. The predicted octanol–water partition coefficient (Wildman–Crippen LogP) is 1.73. The molecule has 2 atom stereocenters. The number of rotatable bonds is 0. The topological polar surface area (TPSA) is 18.5 Å². The van der Waals surface area contributed by atoms with Gasteiger partial charge in [0.05, 0.1) is 6.10 Å². The number of allylic oxidation sites excluding steroid dienone is 1. The molecule has 2 rings (SSSR count). The number of fused-ring (bicyclic) bond motifs is 1. The molecular weight excluding hydrogens is 148 g/mol. The molecular formula is C7H10O2S. The second kappa shape index (κ2) is 2.57. The Bertz CT molecular complexity index is 167. The minimum Gasteiger partial charge on any atom is -0.348 e. The second-order valence-corrected chi connectivity index (χ2v) is 3.87. The lowest BCUT2D eigenvalue weighted by Gasteiger charge is -2.19. The molecule has 10 heavy (non-hydrogen) atoms. The quantitative estimate of drug-likeness (QED) is 0.535. The van der Waals surface area contributed by atoms with E-state index in [-0.39, 0.29) is 5.44 Å². The maximum Gasteiger partial charge on any atom is 0.148 e. The van der Waals surface area contributed by atoms with Crippen LogP contribution in [0.5, 0.6) is 0 Å². The Balaban J connectivity index is 2.08. The van der Waals surface area contributed by atoms with Gasteiger partial charge in [-0.15, -0.1) is 0 Å². The summed E-state index contributed by atoms with van der Waals surface area (Å²) in [6.07, 6.45) is 3.54. The molecule has 0 spiro atoms. The molecule has 3 heteroatoms. The van der Waals surface area contributed by atoms with Crippen molar-refractivity contribution in [3.8, 4) is 0 Å². The highest BCUT2D eigenvalue weighted by molar-refractivity contribution is 8.03. The van der Waals surface area contributed by atoms with E-state index in [4.69, 9.17) is 9.47 Å². The van der Waals surface area contributed by atoms with Gasteiger partial charge >= 0.3 is 0 Å². The van der Waals surface area contributed by atoms with Crippen molar-refractivity contribution < 1.29 is 9.47 Å². The first-order valence-corrected chi connectivity index (χ1v) is 4.31. The molecule has 0 amide bonds. The Morgan fingerprint density at radius 2 is 2.50 bits per heavy atom. The van der Waals surface area contributed by atoms with Gasteiger partial charge < -0.3 is 9.47 Å². The van der Waals surface area contributed by atoms with E-state index in [2.05, 4.69) is 13.0 Å². The molecule has 2 unspecified atom stereocenters. The van der Waals surface area contributed by atoms with Gasteiger partial charge in [0.15, 0.2) is 0 Å². The summed E-state index contributed by atoms with van der Waals surface area (Å²) in [4.78, 5) is 1.35. The highest BCUT2D eigenvalue weighted by atomic mass is 32.2. The Morgan fingerprint density at radius 3 is 3.40 bits per heavy atom. The SMILES string of the molecule is CC1=CCC2OCOC2S1. The summed E-state index contributed by atoms with van der Waals surface area (Å²) in [5, 5.41) is 0. The number of ether oxygens (including phenoxy) is 2. The summed E-state index contributed by atoms with van der Waals surface area (Å²) in [6, 6.07) is 0. The molecule has 0 aromatic heterocycles. The number of hydrogen-bond acceptors (Lipinski definition) is 3. The zero-order valence-corrected chi connectivity index (χ0v) is 6.69. The van der Waals surface area contributed by atoms with Gasteiger partial charge in [0.1, 0.15) is 12.2 Å². The summed E-state index contributed by atoms with van der Waals surface area (Å²) >= 11 is 1.77. The van der Waals surface area contributed by atoms with Crippen LogP contribution in [-0.2, 0) is 9.47 Å². The highest BCUT2D eigenvalue weighted by Gasteiger charge is 2.31. The largest absolute Gasteiger partial charge is 0.348 e. The standard InChI is InChI=1S/C7H10O2S/c1-5-2-3-6-7(10-5)9-4-8-6/h2,6-7H,3-4H2,1H3. The smallest absolute Gasteiger partial charge is 0.148 e. The molecule has 2 aliphatic rings. The fourth-order valence-corrected chi connectivity index (χ4v) is 2.21. The molecule has 0 radical (unpaired) electrons. The minimum absolute atomic E-state index is 0.269. The van der Waals surface area contributed by atoms with Gasteiger partial charge in [0, 0.05) is 0 Å². The van der Waals surface area contributed by atoms with E-state index < -0.39 is 0 Å². The molecule has 0 aromatic rings. The van der Waals surface area contributed by atoms with E-state index in [9.17, 15) is 0 Å². The van der Waals surface area contributed by atoms with Crippen molar-refractivity contribution in [2.45, 2.75) is 24.9 Å². The second-order valence-electron chi connectivity index (χ2n) is 2.53. The maximum absolute atomic E-state index is 5.33. The molecule has 56 valence electrons. The van der Waals surface area contributed by atoms with Gasteiger partial charge in [-0.25, -0.2) is 0 Å². The van der Waals surface area contributed by atoms with Crippen LogP contribution in [0.4, 0.5) is 0 Å². The van der Waals surface area contributed by atoms with E-state index in [1.165, 1.54) is 4.91 Å². The lowest BCUT2D eigenvalue weighted by molar-refractivity contribution is 0.0463. The van der Waals surface area contributed by atoms with Crippen molar-refractivity contribution in [1.29, 1.82) is 0 Å². The average molecular weight is 158 g/mol.